The summed E-state index contributed by atoms with van der Waals surface area (Å²) in [6, 6.07) is 3.53. The van der Waals surface area contributed by atoms with Crippen LogP contribution in [0.3, 0.4) is 0 Å². The molecule has 1 amide bonds. The minimum absolute atomic E-state index is 0.0499. The molecule has 1 aromatic rings. The van der Waals surface area contributed by atoms with Gasteiger partial charge >= 0.3 is 0 Å². The summed E-state index contributed by atoms with van der Waals surface area (Å²) in [6.07, 6.45) is 4.26. The highest BCUT2D eigenvalue weighted by Crippen LogP contribution is 2.12. The van der Waals surface area contributed by atoms with Crippen molar-refractivity contribution in [1.29, 1.82) is 0 Å². The summed E-state index contributed by atoms with van der Waals surface area (Å²) < 4.78 is 0. The fourth-order valence-corrected chi connectivity index (χ4v) is 1.63. The van der Waals surface area contributed by atoms with Crippen LogP contribution in [-0.4, -0.2) is 28.4 Å². The first-order valence-electron chi connectivity index (χ1n) is 4.70. The van der Waals surface area contributed by atoms with Gasteiger partial charge in [-0.15, -0.1) is 0 Å². The van der Waals surface area contributed by atoms with Crippen molar-refractivity contribution >= 4 is 5.91 Å². The zero-order chi connectivity index (χ0) is 9.97. The van der Waals surface area contributed by atoms with Gasteiger partial charge < -0.3 is 10.6 Å². The molecule has 1 unspecified atom stereocenters. The Kier molecular flexibility index (Phi) is 2.45. The van der Waals surface area contributed by atoms with Crippen LogP contribution in [-0.2, 0) is 11.3 Å². The van der Waals surface area contributed by atoms with E-state index >= 15 is 0 Å². The van der Waals surface area contributed by atoms with Crippen molar-refractivity contribution in [3.05, 3.63) is 30.1 Å². The largest absolute Gasteiger partial charge is 0.337 e. The van der Waals surface area contributed by atoms with E-state index in [0.29, 0.717) is 6.54 Å². The maximum Gasteiger partial charge on any atom is 0.239 e. The molecule has 0 aliphatic carbocycles. The monoisotopic (exact) mass is 191 g/mol. The summed E-state index contributed by atoms with van der Waals surface area (Å²) in [6.45, 7) is 1.38. The summed E-state index contributed by atoms with van der Waals surface area (Å²) in [5, 5.41) is 0. The molecule has 4 heteroatoms. The molecule has 0 saturated carbocycles. The standard InChI is InChI=1S/C10H13N3O/c11-9-3-5-13(10(9)14)7-8-2-1-4-12-6-8/h1-2,4,6,9H,3,5,7,11H2. The fraction of sp³-hybridized carbons (Fsp3) is 0.400. The predicted molar refractivity (Wildman–Crippen MR) is 52.2 cm³/mol. The Morgan fingerprint density at radius 3 is 3.07 bits per heavy atom. The average Bonchev–Trinajstić information content (AvgIpc) is 2.52. The van der Waals surface area contributed by atoms with Gasteiger partial charge in [0.15, 0.2) is 0 Å². The number of pyridine rings is 1. The average molecular weight is 191 g/mol. The molecule has 0 aromatic carbocycles. The molecule has 2 heterocycles. The first-order chi connectivity index (χ1) is 6.77. The third kappa shape index (κ3) is 1.75. The number of amides is 1. The summed E-state index contributed by atoms with van der Waals surface area (Å²) >= 11 is 0. The molecule has 0 spiro atoms. The molecule has 0 bridgehead atoms. The SMILES string of the molecule is NC1CCN(Cc2cccnc2)C1=O. The first-order valence-corrected chi connectivity index (χ1v) is 4.70. The number of nitrogens with zero attached hydrogens (tertiary/aromatic N) is 2. The molecule has 1 aliphatic heterocycles. The highest BCUT2D eigenvalue weighted by atomic mass is 16.2. The van der Waals surface area contributed by atoms with Crippen molar-refractivity contribution in [3.63, 3.8) is 0 Å². The van der Waals surface area contributed by atoms with Crippen LogP contribution < -0.4 is 5.73 Å². The fourth-order valence-electron chi connectivity index (χ4n) is 1.63. The number of hydrogen-bond acceptors (Lipinski definition) is 3. The van der Waals surface area contributed by atoms with Crippen molar-refractivity contribution in [2.45, 2.75) is 19.0 Å². The van der Waals surface area contributed by atoms with Gasteiger partial charge in [0.2, 0.25) is 5.91 Å². The smallest absolute Gasteiger partial charge is 0.239 e. The Hall–Kier alpha value is -1.42. The summed E-state index contributed by atoms with van der Waals surface area (Å²) in [7, 11) is 0. The molecule has 1 aromatic heterocycles. The molecule has 2 rings (SSSR count). The molecule has 2 N–H and O–H groups in total. The van der Waals surface area contributed by atoms with E-state index in [-0.39, 0.29) is 11.9 Å². The van der Waals surface area contributed by atoms with Crippen molar-refractivity contribution in [2.75, 3.05) is 6.54 Å². The van der Waals surface area contributed by atoms with Crippen LogP contribution in [0.4, 0.5) is 0 Å². The van der Waals surface area contributed by atoms with E-state index < -0.39 is 0 Å². The van der Waals surface area contributed by atoms with Crippen molar-refractivity contribution < 1.29 is 4.79 Å². The van der Waals surface area contributed by atoms with E-state index in [1.54, 1.807) is 17.3 Å². The molecular formula is C10H13N3O. The number of aromatic nitrogens is 1. The normalized spacial score (nSPS) is 21.6. The zero-order valence-corrected chi connectivity index (χ0v) is 7.89. The van der Waals surface area contributed by atoms with Crippen molar-refractivity contribution in [1.82, 2.24) is 9.88 Å². The van der Waals surface area contributed by atoms with E-state index in [4.69, 9.17) is 5.73 Å². The first kappa shape index (κ1) is 9.15. The lowest BCUT2D eigenvalue weighted by Gasteiger charge is -2.15. The Labute approximate surface area is 82.7 Å². The second-order valence-corrected chi connectivity index (χ2v) is 3.52. The molecule has 4 nitrogen and oxygen atoms in total. The van der Waals surface area contributed by atoms with Crippen LogP contribution in [0.1, 0.15) is 12.0 Å². The molecule has 1 atom stereocenters. The third-order valence-corrected chi connectivity index (χ3v) is 2.44. The van der Waals surface area contributed by atoms with Gasteiger partial charge in [-0.1, -0.05) is 6.07 Å². The van der Waals surface area contributed by atoms with E-state index in [1.807, 2.05) is 12.1 Å². The van der Waals surface area contributed by atoms with E-state index in [2.05, 4.69) is 4.98 Å². The van der Waals surface area contributed by atoms with Gasteiger partial charge in [0.25, 0.3) is 0 Å². The topological polar surface area (TPSA) is 59.2 Å². The molecule has 14 heavy (non-hydrogen) atoms. The molecule has 74 valence electrons. The molecular weight excluding hydrogens is 178 g/mol. The molecule has 0 radical (unpaired) electrons. The van der Waals surface area contributed by atoms with Crippen LogP contribution in [0, 0.1) is 0 Å². The number of hydrogen-bond donors (Lipinski definition) is 1. The Bertz CT molecular complexity index is 325. The van der Waals surface area contributed by atoms with Gasteiger partial charge in [0.1, 0.15) is 0 Å². The maximum absolute atomic E-state index is 11.5. The minimum Gasteiger partial charge on any atom is -0.337 e. The number of likely N-dealkylation sites (tertiary alicyclic amines) is 1. The third-order valence-electron chi connectivity index (χ3n) is 2.44. The number of rotatable bonds is 2. The van der Waals surface area contributed by atoms with Crippen LogP contribution in [0.25, 0.3) is 0 Å². The van der Waals surface area contributed by atoms with Gasteiger partial charge in [0.05, 0.1) is 6.04 Å². The van der Waals surface area contributed by atoms with E-state index in [9.17, 15) is 4.79 Å². The quantitative estimate of drug-likeness (QED) is 0.723. The predicted octanol–water partition coefficient (Wildman–Crippen LogP) is 0.141. The lowest BCUT2D eigenvalue weighted by Crippen LogP contribution is -2.33. The number of nitrogens with two attached hydrogens (primary N) is 1. The van der Waals surface area contributed by atoms with E-state index in [0.717, 1.165) is 18.5 Å². The Balaban J connectivity index is 2.02. The van der Waals surface area contributed by atoms with Crippen LogP contribution >= 0.6 is 0 Å². The Morgan fingerprint density at radius 2 is 2.50 bits per heavy atom. The van der Waals surface area contributed by atoms with Gasteiger partial charge in [-0.2, -0.15) is 0 Å². The minimum atomic E-state index is -0.299. The molecule has 1 aliphatic rings. The molecule has 1 fully saturated rings. The summed E-state index contributed by atoms with van der Waals surface area (Å²) in [5.41, 5.74) is 6.67. The van der Waals surface area contributed by atoms with Crippen molar-refractivity contribution in [2.24, 2.45) is 5.73 Å². The number of carbonyl (C=O) groups excluding carboxylic acids is 1. The highest BCUT2D eigenvalue weighted by molar-refractivity contribution is 5.83. The van der Waals surface area contributed by atoms with Crippen LogP contribution in [0.5, 0.6) is 0 Å². The summed E-state index contributed by atoms with van der Waals surface area (Å²) in [4.78, 5) is 17.3. The van der Waals surface area contributed by atoms with Gasteiger partial charge in [-0.25, -0.2) is 0 Å². The van der Waals surface area contributed by atoms with Gasteiger partial charge in [-0.05, 0) is 18.1 Å². The second kappa shape index (κ2) is 3.75. The summed E-state index contributed by atoms with van der Waals surface area (Å²) in [5.74, 6) is 0.0499. The van der Waals surface area contributed by atoms with Crippen molar-refractivity contribution in [3.8, 4) is 0 Å². The zero-order valence-electron chi connectivity index (χ0n) is 7.89. The molecule has 1 saturated heterocycles. The maximum atomic E-state index is 11.5. The second-order valence-electron chi connectivity index (χ2n) is 3.52. The van der Waals surface area contributed by atoms with Crippen LogP contribution in [0.15, 0.2) is 24.5 Å². The Morgan fingerprint density at radius 1 is 1.64 bits per heavy atom. The van der Waals surface area contributed by atoms with Gasteiger partial charge in [0, 0.05) is 25.5 Å². The number of carbonyl (C=O) groups is 1. The van der Waals surface area contributed by atoms with E-state index in [1.165, 1.54) is 0 Å². The lowest BCUT2D eigenvalue weighted by molar-refractivity contribution is -0.129. The van der Waals surface area contributed by atoms with Gasteiger partial charge in [-0.3, -0.25) is 9.78 Å². The lowest BCUT2D eigenvalue weighted by atomic mass is 10.2. The van der Waals surface area contributed by atoms with Crippen LogP contribution in [0.2, 0.25) is 0 Å². The highest BCUT2D eigenvalue weighted by Gasteiger charge is 2.28.